The molecule has 2 unspecified atom stereocenters. The molecule has 0 bridgehead atoms. The van der Waals surface area contributed by atoms with Gasteiger partial charge in [0.1, 0.15) is 5.82 Å². The predicted molar refractivity (Wildman–Crippen MR) is 67.6 cm³/mol. The Kier molecular flexibility index (Phi) is 5.44. The van der Waals surface area contributed by atoms with Crippen LogP contribution in [0.15, 0.2) is 24.3 Å². The predicted octanol–water partition coefficient (Wildman–Crippen LogP) is 0.893. The van der Waals surface area contributed by atoms with Crippen molar-refractivity contribution in [1.29, 1.82) is 0 Å². The number of nitrogens with one attached hydrogen (secondary N) is 1. The molecule has 1 aromatic carbocycles. The van der Waals surface area contributed by atoms with Crippen LogP contribution in [0, 0.1) is 5.82 Å². The molecule has 3 N–H and O–H groups in total. The van der Waals surface area contributed by atoms with E-state index in [9.17, 15) is 14.0 Å². The van der Waals surface area contributed by atoms with Crippen molar-refractivity contribution in [2.24, 2.45) is 5.73 Å². The van der Waals surface area contributed by atoms with Crippen molar-refractivity contribution < 1.29 is 18.7 Å². The Morgan fingerprint density at radius 2 is 2.16 bits per heavy atom. The molecule has 0 radical (unpaired) electrons. The highest BCUT2D eigenvalue weighted by Crippen LogP contribution is 2.13. The van der Waals surface area contributed by atoms with Crippen molar-refractivity contribution >= 4 is 11.9 Å². The van der Waals surface area contributed by atoms with Crippen molar-refractivity contribution in [3.05, 3.63) is 35.6 Å². The van der Waals surface area contributed by atoms with Crippen LogP contribution in [0.5, 0.6) is 0 Å². The molecule has 0 heterocycles. The van der Waals surface area contributed by atoms with Crippen LogP contribution in [0.3, 0.4) is 0 Å². The fourth-order valence-electron chi connectivity index (χ4n) is 1.50. The van der Waals surface area contributed by atoms with Gasteiger partial charge in [0.25, 0.3) is 0 Å². The summed E-state index contributed by atoms with van der Waals surface area (Å²) in [5, 5.41) is 2.53. The third-order valence-electron chi connectivity index (χ3n) is 2.53. The molecule has 1 aromatic rings. The van der Waals surface area contributed by atoms with Gasteiger partial charge >= 0.3 is 5.97 Å². The average molecular weight is 268 g/mol. The summed E-state index contributed by atoms with van der Waals surface area (Å²) in [6.07, 6.45) is 0. The number of hydrogen-bond donors (Lipinski definition) is 2. The Balaban J connectivity index is 2.64. The molecule has 1 rings (SSSR count). The van der Waals surface area contributed by atoms with Gasteiger partial charge in [-0.3, -0.25) is 4.79 Å². The van der Waals surface area contributed by atoms with E-state index in [0.717, 1.165) is 0 Å². The molecule has 0 saturated carbocycles. The molecule has 0 aliphatic rings. The summed E-state index contributed by atoms with van der Waals surface area (Å²) in [6, 6.07) is 3.99. The zero-order chi connectivity index (χ0) is 14.4. The largest absolute Gasteiger partial charge is 0.464 e. The van der Waals surface area contributed by atoms with E-state index in [-0.39, 0.29) is 6.61 Å². The van der Waals surface area contributed by atoms with Crippen LogP contribution in [0.4, 0.5) is 4.39 Å². The zero-order valence-corrected chi connectivity index (χ0v) is 10.9. The zero-order valence-electron chi connectivity index (χ0n) is 10.9. The number of rotatable bonds is 5. The van der Waals surface area contributed by atoms with Gasteiger partial charge in [-0.05, 0) is 31.5 Å². The lowest BCUT2D eigenvalue weighted by molar-refractivity contribution is -0.148. The Labute approximate surface area is 110 Å². The molecule has 104 valence electrons. The molecule has 0 aliphatic heterocycles. The van der Waals surface area contributed by atoms with Crippen LogP contribution in [0.25, 0.3) is 0 Å². The van der Waals surface area contributed by atoms with Gasteiger partial charge in [0.05, 0.1) is 12.6 Å². The van der Waals surface area contributed by atoms with Crippen molar-refractivity contribution in [2.45, 2.75) is 25.9 Å². The second-order valence-corrected chi connectivity index (χ2v) is 4.02. The summed E-state index contributed by atoms with van der Waals surface area (Å²) in [5.74, 6) is -1.84. The number of carbonyl (C=O) groups is 2. The number of halogens is 1. The van der Waals surface area contributed by atoms with Gasteiger partial charge in [0.15, 0.2) is 6.04 Å². The van der Waals surface area contributed by atoms with Gasteiger partial charge in [-0.15, -0.1) is 0 Å². The van der Waals surface area contributed by atoms with E-state index in [4.69, 9.17) is 5.73 Å². The molecule has 2 atom stereocenters. The molecular formula is C13H17FN2O3. The van der Waals surface area contributed by atoms with E-state index in [2.05, 4.69) is 10.1 Å². The molecule has 0 spiro atoms. The minimum absolute atomic E-state index is 0.152. The molecular weight excluding hydrogens is 251 g/mol. The van der Waals surface area contributed by atoms with Crippen molar-refractivity contribution in [3.8, 4) is 0 Å². The van der Waals surface area contributed by atoms with E-state index >= 15 is 0 Å². The van der Waals surface area contributed by atoms with Crippen LogP contribution in [-0.4, -0.2) is 24.5 Å². The maximum absolute atomic E-state index is 13.0. The highest BCUT2D eigenvalue weighted by atomic mass is 19.1. The Bertz CT molecular complexity index is 465. The third kappa shape index (κ3) is 4.33. The average Bonchev–Trinajstić information content (AvgIpc) is 2.37. The van der Waals surface area contributed by atoms with Crippen LogP contribution >= 0.6 is 0 Å². The summed E-state index contributed by atoms with van der Waals surface area (Å²) in [6.45, 7) is 3.45. The molecule has 1 amide bonds. The SMILES string of the molecule is CCOC(=O)C(N)C(=O)NC(C)c1cccc(F)c1. The smallest absolute Gasteiger partial charge is 0.332 e. The molecule has 19 heavy (non-hydrogen) atoms. The summed E-state index contributed by atoms with van der Waals surface area (Å²) in [4.78, 5) is 23.0. The maximum atomic E-state index is 13.0. The maximum Gasteiger partial charge on any atom is 0.332 e. The van der Waals surface area contributed by atoms with Crippen LogP contribution < -0.4 is 11.1 Å². The molecule has 0 aliphatic carbocycles. The number of esters is 1. The first-order valence-electron chi connectivity index (χ1n) is 5.93. The van der Waals surface area contributed by atoms with Crippen LogP contribution in [-0.2, 0) is 14.3 Å². The van der Waals surface area contributed by atoms with E-state index < -0.39 is 29.8 Å². The number of benzene rings is 1. The number of carbonyl (C=O) groups excluding carboxylic acids is 2. The van der Waals surface area contributed by atoms with Crippen molar-refractivity contribution in [3.63, 3.8) is 0 Å². The number of nitrogens with two attached hydrogens (primary N) is 1. The second kappa shape index (κ2) is 6.84. The minimum atomic E-state index is -1.38. The lowest BCUT2D eigenvalue weighted by Gasteiger charge is -2.17. The summed E-state index contributed by atoms with van der Waals surface area (Å²) >= 11 is 0. The topological polar surface area (TPSA) is 81.4 Å². The van der Waals surface area contributed by atoms with Gasteiger partial charge in [0.2, 0.25) is 5.91 Å². The highest BCUT2D eigenvalue weighted by Gasteiger charge is 2.24. The molecule has 6 heteroatoms. The van der Waals surface area contributed by atoms with Crippen molar-refractivity contribution in [1.82, 2.24) is 5.32 Å². The Morgan fingerprint density at radius 1 is 1.47 bits per heavy atom. The van der Waals surface area contributed by atoms with Gasteiger partial charge < -0.3 is 15.8 Å². The first kappa shape index (κ1) is 15.1. The standard InChI is InChI=1S/C13H17FN2O3/c1-3-19-13(18)11(15)12(17)16-8(2)9-5-4-6-10(14)7-9/h4-8,11H,3,15H2,1-2H3,(H,16,17). The molecule has 0 saturated heterocycles. The van der Waals surface area contributed by atoms with E-state index in [1.807, 2.05) is 0 Å². The van der Waals surface area contributed by atoms with Crippen molar-refractivity contribution in [2.75, 3.05) is 6.61 Å². The fraction of sp³-hybridized carbons (Fsp3) is 0.385. The molecule has 0 aromatic heterocycles. The molecule has 5 nitrogen and oxygen atoms in total. The number of hydrogen-bond acceptors (Lipinski definition) is 4. The minimum Gasteiger partial charge on any atom is -0.464 e. The van der Waals surface area contributed by atoms with Gasteiger partial charge in [-0.1, -0.05) is 12.1 Å². The lowest BCUT2D eigenvalue weighted by Crippen LogP contribution is -2.47. The van der Waals surface area contributed by atoms with Gasteiger partial charge in [0, 0.05) is 0 Å². The fourth-order valence-corrected chi connectivity index (χ4v) is 1.50. The van der Waals surface area contributed by atoms with Gasteiger partial charge in [-0.25, -0.2) is 9.18 Å². The monoisotopic (exact) mass is 268 g/mol. The number of amides is 1. The summed E-state index contributed by atoms with van der Waals surface area (Å²) in [7, 11) is 0. The second-order valence-electron chi connectivity index (χ2n) is 4.02. The molecule has 0 fully saturated rings. The lowest BCUT2D eigenvalue weighted by atomic mass is 10.1. The summed E-state index contributed by atoms with van der Waals surface area (Å²) in [5.41, 5.74) is 6.03. The number of ether oxygens (including phenoxy) is 1. The van der Waals surface area contributed by atoms with Crippen LogP contribution in [0.2, 0.25) is 0 Å². The normalized spacial score (nSPS) is 13.5. The third-order valence-corrected chi connectivity index (χ3v) is 2.53. The quantitative estimate of drug-likeness (QED) is 0.614. The summed E-state index contributed by atoms with van der Waals surface area (Å²) < 4.78 is 17.7. The van der Waals surface area contributed by atoms with E-state index in [1.54, 1.807) is 26.0 Å². The van der Waals surface area contributed by atoms with E-state index in [0.29, 0.717) is 5.56 Å². The van der Waals surface area contributed by atoms with Crippen LogP contribution in [0.1, 0.15) is 25.5 Å². The first-order valence-corrected chi connectivity index (χ1v) is 5.93. The Morgan fingerprint density at radius 3 is 2.74 bits per heavy atom. The van der Waals surface area contributed by atoms with E-state index in [1.165, 1.54) is 12.1 Å². The highest BCUT2D eigenvalue weighted by molar-refractivity contribution is 6.01. The Hall–Kier alpha value is -1.95. The first-order chi connectivity index (χ1) is 8.95. The van der Waals surface area contributed by atoms with Gasteiger partial charge in [-0.2, -0.15) is 0 Å².